The highest BCUT2D eigenvalue weighted by atomic mass is 15.0. The van der Waals surface area contributed by atoms with Gasteiger partial charge < -0.3 is 0 Å². The van der Waals surface area contributed by atoms with Gasteiger partial charge in [0.15, 0.2) is 17.5 Å². The number of hydrogen-bond acceptors (Lipinski definition) is 4. The van der Waals surface area contributed by atoms with Crippen LogP contribution in [0.2, 0.25) is 0 Å². The van der Waals surface area contributed by atoms with E-state index < -0.39 is 5.41 Å². The summed E-state index contributed by atoms with van der Waals surface area (Å²) in [6, 6.07) is 78.7. The van der Waals surface area contributed by atoms with Crippen molar-refractivity contribution in [1.29, 1.82) is 0 Å². The first kappa shape index (κ1) is 37.0. The lowest BCUT2D eigenvalue weighted by molar-refractivity contribution is 0.794. The van der Waals surface area contributed by atoms with E-state index in [1.54, 1.807) is 0 Å². The Kier molecular flexibility index (Phi) is 8.40. The fourth-order valence-electron chi connectivity index (χ4n) is 10.5. The Balaban J connectivity index is 1.00. The molecular weight excluding hydrogens is 789 g/mol. The minimum Gasteiger partial charge on any atom is -0.265 e. The summed E-state index contributed by atoms with van der Waals surface area (Å²) in [5, 5.41) is 2.30. The molecule has 65 heavy (non-hydrogen) atoms. The van der Waals surface area contributed by atoms with E-state index in [1.165, 1.54) is 49.9 Å². The molecule has 0 N–H and O–H groups in total. The first-order chi connectivity index (χ1) is 32.2. The molecule has 0 atom stereocenters. The maximum atomic E-state index is 5.26. The van der Waals surface area contributed by atoms with Crippen LogP contribution in [-0.2, 0) is 5.41 Å². The Morgan fingerprint density at radius 3 is 1.42 bits per heavy atom. The topological polar surface area (TPSA) is 51.6 Å². The third-order valence-corrected chi connectivity index (χ3v) is 13.4. The van der Waals surface area contributed by atoms with E-state index in [9.17, 15) is 0 Å². The van der Waals surface area contributed by atoms with E-state index in [-0.39, 0.29) is 0 Å². The molecule has 0 unspecified atom stereocenters. The molecule has 4 nitrogen and oxygen atoms in total. The van der Waals surface area contributed by atoms with Gasteiger partial charge in [-0.3, -0.25) is 4.98 Å². The molecule has 0 amide bonds. The zero-order chi connectivity index (χ0) is 42.9. The molecule has 0 saturated carbocycles. The van der Waals surface area contributed by atoms with Gasteiger partial charge >= 0.3 is 0 Å². The van der Waals surface area contributed by atoms with Crippen LogP contribution in [0.4, 0.5) is 0 Å². The largest absolute Gasteiger partial charge is 0.265 e. The average Bonchev–Trinajstić information content (AvgIpc) is 3.86. The molecule has 0 radical (unpaired) electrons. The Morgan fingerprint density at radius 1 is 0.246 bits per heavy atom. The van der Waals surface area contributed by atoms with Gasteiger partial charge in [0, 0.05) is 29.1 Å². The lowest BCUT2D eigenvalue weighted by Crippen LogP contribution is -2.25. The van der Waals surface area contributed by atoms with Gasteiger partial charge in [0.05, 0.1) is 5.41 Å². The van der Waals surface area contributed by atoms with Crippen molar-refractivity contribution < 1.29 is 0 Å². The Bertz CT molecular complexity index is 3610. The van der Waals surface area contributed by atoms with Crippen molar-refractivity contribution in [3.63, 3.8) is 0 Å². The molecule has 2 aliphatic rings. The van der Waals surface area contributed by atoms with Gasteiger partial charge in [0.1, 0.15) is 0 Å². The number of fused-ring (bicyclic) bond motifs is 11. The van der Waals surface area contributed by atoms with E-state index in [0.717, 1.165) is 55.5 Å². The SMILES string of the molecule is c1ccc(-c2cc(-c3nc(-c4cccc(-c5ccncc5)c4)nc(-c4ccc5ccccc5c4)n3)ccc2-c2ccc3c(c2)C2(c4ccccc4-c4ccccc42)c2ccccc2-3)cc1. The summed E-state index contributed by atoms with van der Waals surface area (Å²) in [6.45, 7) is 0. The summed E-state index contributed by atoms with van der Waals surface area (Å²) >= 11 is 0. The summed E-state index contributed by atoms with van der Waals surface area (Å²) in [6.07, 6.45) is 3.64. The summed E-state index contributed by atoms with van der Waals surface area (Å²) < 4.78 is 0. The molecule has 2 aliphatic carbocycles. The van der Waals surface area contributed by atoms with Gasteiger partial charge in [-0.15, -0.1) is 0 Å². The van der Waals surface area contributed by atoms with Crippen LogP contribution in [0, 0.1) is 0 Å². The highest BCUT2D eigenvalue weighted by Crippen LogP contribution is 2.63. The number of benzene rings is 9. The van der Waals surface area contributed by atoms with E-state index in [4.69, 9.17) is 15.0 Å². The standard InChI is InChI=1S/C61H38N4/c1-2-14-41(15-3-1)53-37-47(60-64-58(45-18-12-17-43(35-45)40-31-33-62-34-32-40)63-59(65-60)46-26-25-39-13-4-5-16-42(39)36-46)28-29-48(53)44-27-30-52-51-21-8-11-24-56(51)61(57(52)38-44)54-22-9-6-19-49(54)50-20-7-10-23-55(50)61/h1-38H. The zero-order valence-corrected chi connectivity index (χ0v) is 35.2. The molecule has 302 valence electrons. The van der Waals surface area contributed by atoms with Crippen LogP contribution < -0.4 is 0 Å². The highest BCUT2D eigenvalue weighted by molar-refractivity contribution is 5.97. The van der Waals surface area contributed by atoms with Crippen molar-refractivity contribution in [2.45, 2.75) is 5.41 Å². The summed E-state index contributed by atoms with van der Waals surface area (Å²) in [7, 11) is 0. The number of aromatic nitrogens is 4. The molecule has 11 aromatic rings. The van der Waals surface area contributed by atoms with Crippen LogP contribution in [-0.4, -0.2) is 19.9 Å². The smallest absolute Gasteiger partial charge is 0.164 e. The van der Waals surface area contributed by atoms with Crippen LogP contribution >= 0.6 is 0 Å². The van der Waals surface area contributed by atoms with Crippen molar-refractivity contribution in [1.82, 2.24) is 19.9 Å². The molecule has 0 bridgehead atoms. The molecule has 1 spiro atoms. The molecule has 2 aromatic heterocycles. The summed E-state index contributed by atoms with van der Waals surface area (Å²) in [5.74, 6) is 1.84. The van der Waals surface area contributed by atoms with Crippen molar-refractivity contribution in [2.75, 3.05) is 0 Å². The molecule has 0 fully saturated rings. The van der Waals surface area contributed by atoms with Crippen LogP contribution in [0.3, 0.4) is 0 Å². The maximum absolute atomic E-state index is 5.26. The normalized spacial score (nSPS) is 12.7. The Morgan fingerprint density at radius 2 is 0.738 bits per heavy atom. The van der Waals surface area contributed by atoms with Gasteiger partial charge in [0.25, 0.3) is 0 Å². The molecule has 0 aliphatic heterocycles. The Hall–Kier alpha value is -8.60. The van der Waals surface area contributed by atoms with E-state index in [1.807, 2.05) is 24.5 Å². The molecule has 9 aromatic carbocycles. The summed E-state index contributed by atoms with van der Waals surface area (Å²) in [5.41, 5.74) is 19.5. The average molecular weight is 827 g/mol. The minimum atomic E-state index is -0.433. The van der Waals surface area contributed by atoms with E-state index >= 15 is 0 Å². The number of hydrogen-bond donors (Lipinski definition) is 0. The number of pyridine rings is 1. The molecule has 4 heteroatoms. The van der Waals surface area contributed by atoms with Gasteiger partial charge in [-0.1, -0.05) is 182 Å². The predicted molar refractivity (Wildman–Crippen MR) is 264 cm³/mol. The minimum absolute atomic E-state index is 0.433. The van der Waals surface area contributed by atoms with Gasteiger partial charge in [-0.2, -0.15) is 0 Å². The number of rotatable bonds is 6. The second kappa shape index (κ2) is 14.8. The third kappa shape index (κ3) is 5.85. The van der Waals surface area contributed by atoms with Crippen LogP contribution in [0.25, 0.3) is 101 Å². The van der Waals surface area contributed by atoms with E-state index in [0.29, 0.717) is 17.5 Å². The molecular formula is C61H38N4. The first-order valence-corrected chi connectivity index (χ1v) is 22.1. The van der Waals surface area contributed by atoms with Crippen molar-refractivity contribution in [3.8, 4) is 89.8 Å². The van der Waals surface area contributed by atoms with Gasteiger partial charge in [-0.05, 0) is 125 Å². The van der Waals surface area contributed by atoms with Crippen LogP contribution in [0.5, 0.6) is 0 Å². The van der Waals surface area contributed by atoms with Crippen molar-refractivity contribution in [3.05, 3.63) is 253 Å². The quantitative estimate of drug-likeness (QED) is 0.168. The molecule has 0 saturated heterocycles. The van der Waals surface area contributed by atoms with Crippen LogP contribution in [0.15, 0.2) is 231 Å². The zero-order valence-electron chi connectivity index (χ0n) is 35.2. The highest BCUT2D eigenvalue weighted by Gasteiger charge is 2.51. The molecule has 13 rings (SSSR count). The fraction of sp³-hybridized carbons (Fsp3) is 0.0164. The fourth-order valence-corrected chi connectivity index (χ4v) is 10.5. The third-order valence-electron chi connectivity index (χ3n) is 13.4. The second-order valence-electron chi connectivity index (χ2n) is 17.0. The van der Waals surface area contributed by atoms with Gasteiger partial charge in [0.2, 0.25) is 0 Å². The van der Waals surface area contributed by atoms with E-state index in [2.05, 4.69) is 211 Å². The first-order valence-electron chi connectivity index (χ1n) is 22.1. The lowest BCUT2D eigenvalue weighted by atomic mass is 9.70. The van der Waals surface area contributed by atoms with Gasteiger partial charge in [-0.25, -0.2) is 15.0 Å². The second-order valence-corrected chi connectivity index (χ2v) is 17.0. The molecule has 2 heterocycles. The predicted octanol–water partition coefficient (Wildman–Crippen LogP) is 14.8. The Labute approximate surface area is 377 Å². The maximum Gasteiger partial charge on any atom is 0.164 e. The summed E-state index contributed by atoms with van der Waals surface area (Å²) in [4.78, 5) is 19.9. The number of nitrogens with zero attached hydrogens (tertiary/aromatic N) is 4. The monoisotopic (exact) mass is 826 g/mol. The van der Waals surface area contributed by atoms with Crippen molar-refractivity contribution >= 4 is 10.8 Å². The van der Waals surface area contributed by atoms with Crippen molar-refractivity contribution in [2.24, 2.45) is 0 Å². The lowest BCUT2D eigenvalue weighted by Gasteiger charge is -2.30. The van der Waals surface area contributed by atoms with Crippen LogP contribution in [0.1, 0.15) is 22.3 Å².